The number of dihydropyridines is 1. The van der Waals surface area contributed by atoms with Gasteiger partial charge in [-0.15, -0.1) is 11.3 Å². The fourth-order valence-electron chi connectivity index (χ4n) is 4.97. The molecule has 0 aliphatic carbocycles. The van der Waals surface area contributed by atoms with E-state index in [-0.39, 0.29) is 24.6 Å². The Balaban J connectivity index is 1.59. The number of anilines is 1. The summed E-state index contributed by atoms with van der Waals surface area (Å²) in [5.41, 5.74) is -3.95. The van der Waals surface area contributed by atoms with Crippen molar-refractivity contribution in [2.75, 3.05) is 57.9 Å². The zero-order valence-electron chi connectivity index (χ0n) is 22.1. The van der Waals surface area contributed by atoms with Gasteiger partial charge in [-0.3, -0.25) is 4.90 Å². The van der Waals surface area contributed by atoms with E-state index in [1.807, 2.05) is 5.38 Å². The number of nitrogens with one attached hydrogen (secondary N) is 1. The summed E-state index contributed by atoms with van der Waals surface area (Å²) in [6.07, 6.45) is -3.40. The molecule has 4 rings (SSSR count). The van der Waals surface area contributed by atoms with Crippen molar-refractivity contribution in [1.29, 1.82) is 0 Å². The third kappa shape index (κ3) is 6.66. The average Bonchev–Trinajstić information content (AvgIpc) is 3.46. The Morgan fingerprint density at radius 1 is 1.22 bits per heavy atom. The standard InChI is InChI=1S/C26H27ClF4N4O5S/c1-14-18(24(38)39-2)21(19-16(28)4-3-15(27)22(19)26(29,30)31)20(23(36)37)17(33-14)13-40-11-10-34-6-8-35(9-7-34)25-32-5-12-41-25/h3-5,12,21,33H,6-11,13H2,1-2H3,(H,36,37). The number of benzene rings is 1. The van der Waals surface area contributed by atoms with E-state index in [1.165, 1.54) is 6.92 Å². The molecule has 1 unspecified atom stereocenters. The number of carbonyl (C=O) groups excluding carboxylic acids is 1. The van der Waals surface area contributed by atoms with Gasteiger partial charge in [0.2, 0.25) is 0 Å². The molecule has 15 heteroatoms. The van der Waals surface area contributed by atoms with Gasteiger partial charge >= 0.3 is 18.1 Å². The maximum atomic E-state index is 15.2. The van der Waals surface area contributed by atoms with E-state index >= 15 is 4.39 Å². The maximum absolute atomic E-state index is 15.2. The minimum absolute atomic E-state index is 0.00346. The molecule has 2 aliphatic rings. The van der Waals surface area contributed by atoms with Crippen LogP contribution in [0, 0.1) is 5.82 Å². The first-order valence-corrected chi connectivity index (χ1v) is 13.7. The minimum atomic E-state index is -5.15. The van der Waals surface area contributed by atoms with Gasteiger partial charge in [0.15, 0.2) is 5.13 Å². The molecule has 222 valence electrons. The lowest BCUT2D eigenvalue weighted by Crippen LogP contribution is -2.47. The Morgan fingerprint density at radius 3 is 2.51 bits per heavy atom. The number of hydrogen-bond donors (Lipinski definition) is 2. The van der Waals surface area contributed by atoms with Crippen molar-refractivity contribution in [3.8, 4) is 0 Å². The van der Waals surface area contributed by atoms with Crippen LogP contribution in [0.1, 0.15) is 24.0 Å². The van der Waals surface area contributed by atoms with Gasteiger partial charge in [0.25, 0.3) is 0 Å². The largest absolute Gasteiger partial charge is 0.478 e. The number of alkyl halides is 3. The molecule has 0 bridgehead atoms. The van der Waals surface area contributed by atoms with Crippen molar-refractivity contribution >= 4 is 40.0 Å². The molecule has 1 fully saturated rings. The molecule has 0 saturated carbocycles. The zero-order chi connectivity index (χ0) is 29.9. The third-order valence-corrected chi connectivity index (χ3v) is 8.00. The van der Waals surface area contributed by atoms with Crippen LogP contribution in [0.15, 0.2) is 46.2 Å². The van der Waals surface area contributed by atoms with E-state index < -0.39 is 57.1 Å². The van der Waals surface area contributed by atoms with Crippen LogP contribution in [0.3, 0.4) is 0 Å². The summed E-state index contributed by atoms with van der Waals surface area (Å²) < 4.78 is 68.0. The summed E-state index contributed by atoms with van der Waals surface area (Å²) in [6, 6.07) is 1.42. The van der Waals surface area contributed by atoms with Gasteiger partial charge in [0.1, 0.15) is 5.82 Å². The fourth-order valence-corrected chi connectivity index (χ4v) is 5.94. The molecule has 2 N–H and O–H groups in total. The summed E-state index contributed by atoms with van der Waals surface area (Å²) in [5.74, 6) is -6.14. The topological polar surface area (TPSA) is 104 Å². The third-order valence-electron chi connectivity index (χ3n) is 6.85. The number of nitrogens with zero attached hydrogens (tertiary/aromatic N) is 3. The van der Waals surface area contributed by atoms with Crippen LogP contribution >= 0.6 is 22.9 Å². The van der Waals surface area contributed by atoms with Crippen LogP contribution in [0.25, 0.3) is 0 Å². The summed E-state index contributed by atoms with van der Waals surface area (Å²) in [5, 5.41) is 14.9. The second-order valence-corrected chi connectivity index (χ2v) is 10.6. The lowest BCUT2D eigenvalue weighted by Gasteiger charge is -2.34. The second-order valence-electron chi connectivity index (χ2n) is 9.30. The van der Waals surface area contributed by atoms with Crippen LogP contribution < -0.4 is 10.2 Å². The van der Waals surface area contributed by atoms with Crippen molar-refractivity contribution in [2.45, 2.75) is 19.0 Å². The summed E-state index contributed by atoms with van der Waals surface area (Å²) in [6.45, 7) is 4.79. The predicted octanol–water partition coefficient (Wildman–Crippen LogP) is 4.27. The number of ether oxygens (including phenoxy) is 2. The van der Waals surface area contributed by atoms with Crippen molar-refractivity contribution in [3.05, 3.63) is 68.2 Å². The number of aliphatic carboxylic acids is 1. The van der Waals surface area contributed by atoms with Gasteiger partial charge in [-0.25, -0.2) is 19.0 Å². The molecule has 1 aromatic heterocycles. The number of carboxylic acids is 1. The van der Waals surface area contributed by atoms with Crippen molar-refractivity contribution in [1.82, 2.24) is 15.2 Å². The first kappa shape index (κ1) is 30.8. The van der Waals surface area contributed by atoms with E-state index in [0.29, 0.717) is 12.6 Å². The molecular formula is C26H27ClF4N4O5S. The van der Waals surface area contributed by atoms with Crippen molar-refractivity contribution in [2.24, 2.45) is 0 Å². The van der Waals surface area contributed by atoms with Crippen LogP contribution in [0.2, 0.25) is 5.02 Å². The first-order chi connectivity index (χ1) is 19.4. The molecule has 9 nitrogen and oxygen atoms in total. The van der Waals surface area contributed by atoms with Crippen LogP contribution in [0.5, 0.6) is 0 Å². The molecule has 1 aromatic carbocycles. The Bertz CT molecular complexity index is 1360. The summed E-state index contributed by atoms with van der Waals surface area (Å²) in [7, 11) is 0.984. The summed E-state index contributed by atoms with van der Waals surface area (Å²) in [4.78, 5) is 33.9. The molecule has 1 saturated heterocycles. The minimum Gasteiger partial charge on any atom is -0.478 e. The number of carbonyl (C=O) groups is 2. The highest BCUT2D eigenvalue weighted by atomic mass is 35.5. The van der Waals surface area contributed by atoms with Gasteiger partial charge in [-0.2, -0.15) is 13.2 Å². The molecule has 41 heavy (non-hydrogen) atoms. The van der Waals surface area contributed by atoms with Gasteiger partial charge < -0.3 is 24.8 Å². The number of piperazine rings is 1. The van der Waals surface area contributed by atoms with E-state index in [9.17, 15) is 27.9 Å². The van der Waals surface area contributed by atoms with Crippen LogP contribution in [-0.2, 0) is 25.2 Å². The summed E-state index contributed by atoms with van der Waals surface area (Å²) >= 11 is 7.41. The van der Waals surface area contributed by atoms with E-state index in [0.717, 1.165) is 44.5 Å². The number of hydrogen-bond acceptors (Lipinski definition) is 9. The molecule has 0 spiro atoms. The molecule has 2 aliphatic heterocycles. The highest BCUT2D eigenvalue weighted by Gasteiger charge is 2.46. The smallest absolute Gasteiger partial charge is 0.418 e. The molecule has 1 atom stereocenters. The number of carboxylic acid groups (broad SMARTS) is 1. The monoisotopic (exact) mass is 618 g/mol. The number of allylic oxidation sites excluding steroid dienone is 1. The predicted molar refractivity (Wildman–Crippen MR) is 143 cm³/mol. The number of halogens is 5. The van der Waals surface area contributed by atoms with Gasteiger partial charge in [0.05, 0.1) is 53.7 Å². The quantitative estimate of drug-likeness (QED) is 0.242. The number of aromatic nitrogens is 1. The molecule has 0 amide bonds. The Kier molecular flexibility index (Phi) is 9.57. The zero-order valence-corrected chi connectivity index (χ0v) is 23.6. The second kappa shape index (κ2) is 12.8. The molecule has 0 radical (unpaired) electrons. The van der Waals surface area contributed by atoms with E-state index in [4.69, 9.17) is 21.1 Å². The van der Waals surface area contributed by atoms with Gasteiger partial charge in [0, 0.05) is 55.6 Å². The fraction of sp³-hybridized carbons (Fsp3) is 0.423. The Hall–Kier alpha value is -3.20. The average molecular weight is 619 g/mol. The normalized spacial score (nSPS) is 18.5. The molecule has 3 heterocycles. The van der Waals surface area contributed by atoms with Crippen molar-refractivity contribution < 1.29 is 41.7 Å². The molecular weight excluding hydrogens is 592 g/mol. The number of methoxy groups -OCH3 is 1. The highest BCUT2D eigenvalue weighted by Crippen LogP contribution is 2.47. The SMILES string of the molecule is COC(=O)C1=C(C)NC(COCCN2CCN(c3nccs3)CC2)=C(C(=O)O)C1c1c(F)ccc(Cl)c1C(F)(F)F. The Labute approximate surface area is 242 Å². The first-order valence-electron chi connectivity index (χ1n) is 12.5. The maximum Gasteiger partial charge on any atom is 0.418 e. The molecule has 2 aromatic rings. The highest BCUT2D eigenvalue weighted by molar-refractivity contribution is 7.13. The van der Waals surface area contributed by atoms with Gasteiger partial charge in [-0.1, -0.05) is 11.6 Å². The number of esters is 1. The van der Waals surface area contributed by atoms with Crippen molar-refractivity contribution in [3.63, 3.8) is 0 Å². The lowest BCUT2D eigenvalue weighted by atomic mass is 9.78. The number of thiazole rings is 1. The van der Waals surface area contributed by atoms with Gasteiger partial charge in [-0.05, 0) is 19.1 Å². The van der Waals surface area contributed by atoms with Crippen LogP contribution in [-0.4, -0.2) is 80.0 Å². The van der Waals surface area contributed by atoms with E-state index in [1.54, 1.807) is 17.5 Å². The number of rotatable bonds is 9. The van der Waals surface area contributed by atoms with E-state index in [2.05, 4.69) is 20.1 Å². The Morgan fingerprint density at radius 2 is 1.93 bits per heavy atom. The lowest BCUT2D eigenvalue weighted by molar-refractivity contribution is -0.140. The van der Waals surface area contributed by atoms with Crippen LogP contribution in [0.4, 0.5) is 22.7 Å².